The van der Waals surface area contributed by atoms with Crippen molar-refractivity contribution < 1.29 is 4.74 Å². The smallest absolute Gasteiger partial charge is 0.191 e. The molecule has 0 atom stereocenters. The van der Waals surface area contributed by atoms with Crippen molar-refractivity contribution in [1.29, 1.82) is 0 Å². The van der Waals surface area contributed by atoms with Crippen LogP contribution in [0.5, 0.6) is 0 Å². The number of aryl methyl sites for hydroxylation is 1. The van der Waals surface area contributed by atoms with Gasteiger partial charge in [0.2, 0.25) is 0 Å². The zero-order chi connectivity index (χ0) is 15.8. The number of ether oxygens (including phenoxy) is 1. The molecular weight excluding hydrogens is 405 g/mol. The van der Waals surface area contributed by atoms with Crippen molar-refractivity contribution in [2.45, 2.75) is 38.6 Å². The standard InChI is InChI=1S/C16H29N5O.HI/c1-17-15(18-12-14-6-10-20-21(14)2)19-13-16(9-11-22-3)7-4-5-8-16;/h6,10H,4-5,7-9,11-13H2,1-3H3,(H2,17,18,19);1H. The van der Waals surface area contributed by atoms with Crippen LogP contribution >= 0.6 is 24.0 Å². The van der Waals surface area contributed by atoms with Crippen LogP contribution in [0.3, 0.4) is 0 Å². The summed E-state index contributed by atoms with van der Waals surface area (Å²) in [6, 6.07) is 2.01. The highest BCUT2D eigenvalue weighted by atomic mass is 127. The minimum atomic E-state index is 0. The van der Waals surface area contributed by atoms with E-state index in [9.17, 15) is 0 Å². The molecule has 0 amide bonds. The number of hydrogen-bond acceptors (Lipinski definition) is 3. The summed E-state index contributed by atoms with van der Waals surface area (Å²) in [4.78, 5) is 4.32. The van der Waals surface area contributed by atoms with Gasteiger partial charge in [0.1, 0.15) is 0 Å². The van der Waals surface area contributed by atoms with Crippen molar-refractivity contribution in [2.75, 3.05) is 27.3 Å². The number of aromatic nitrogens is 2. The van der Waals surface area contributed by atoms with Crippen molar-refractivity contribution >= 4 is 29.9 Å². The van der Waals surface area contributed by atoms with Crippen LogP contribution in [0, 0.1) is 5.41 Å². The van der Waals surface area contributed by atoms with Gasteiger partial charge in [-0.2, -0.15) is 5.10 Å². The Morgan fingerprint density at radius 3 is 2.70 bits per heavy atom. The lowest BCUT2D eigenvalue weighted by molar-refractivity contribution is 0.138. The number of halogens is 1. The molecule has 23 heavy (non-hydrogen) atoms. The van der Waals surface area contributed by atoms with E-state index in [-0.39, 0.29) is 24.0 Å². The molecule has 0 radical (unpaired) electrons. The van der Waals surface area contributed by atoms with E-state index in [0.29, 0.717) is 5.41 Å². The Hall–Kier alpha value is -0.830. The first-order chi connectivity index (χ1) is 10.7. The Bertz CT molecular complexity index is 483. The molecule has 1 aliphatic carbocycles. The molecule has 1 fully saturated rings. The van der Waals surface area contributed by atoms with Gasteiger partial charge in [-0.05, 0) is 30.7 Å². The lowest BCUT2D eigenvalue weighted by Crippen LogP contribution is -2.43. The van der Waals surface area contributed by atoms with Gasteiger partial charge in [0.25, 0.3) is 0 Å². The number of nitrogens with zero attached hydrogens (tertiary/aromatic N) is 3. The molecule has 0 bridgehead atoms. The van der Waals surface area contributed by atoms with Crippen LogP contribution in [0.15, 0.2) is 17.3 Å². The molecular formula is C16H30IN5O. The Balaban J connectivity index is 0.00000264. The first kappa shape index (κ1) is 20.2. The van der Waals surface area contributed by atoms with Crippen LogP contribution in [-0.4, -0.2) is 43.0 Å². The van der Waals surface area contributed by atoms with E-state index in [1.54, 1.807) is 7.11 Å². The molecule has 0 saturated heterocycles. The minimum Gasteiger partial charge on any atom is -0.385 e. The molecule has 1 aromatic heterocycles. The number of rotatable bonds is 7. The molecule has 1 aromatic rings. The second-order valence-corrected chi connectivity index (χ2v) is 6.18. The van der Waals surface area contributed by atoms with E-state index in [4.69, 9.17) is 4.74 Å². The average molecular weight is 435 g/mol. The molecule has 0 spiro atoms. The van der Waals surface area contributed by atoms with Crippen LogP contribution in [0.4, 0.5) is 0 Å². The van der Waals surface area contributed by atoms with Crippen LogP contribution in [0.25, 0.3) is 0 Å². The number of hydrogen-bond donors (Lipinski definition) is 2. The lowest BCUT2D eigenvalue weighted by atomic mass is 9.83. The Labute approximate surface area is 156 Å². The van der Waals surface area contributed by atoms with Gasteiger partial charge in [-0.25, -0.2) is 0 Å². The fourth-order valence-electron chi connectivity index (χ4n) is 3.20. The predicted molar refractivity (Wildman–Crippen MR) is 104 cm³/mol. The van der Waals surface area contributed by atoms with Crippen molar-refractivity contribution in [1.82, 2.24) is 20.4 Å². The number of methoxy groups -OCH3 is 1. The van der Waals surface area contributed by atoms with Crippen LogP contribution in [0.1, 0.15) is 37.8 Å². The number of guanidine groups is 1. The molecule has 2 rings (SSSR count). The normalized spacial score (nSPS) is 16.9. The van der Waals surface area contributed by atoms with Gasteiger partial charge < -0.3 is 15.4 Å². The van der Waals surface area contributed by atoms with E-state index in [2.05, 4.69) is 20.7 Å². The van der Waals surface area contributed by atoms with Gasteiger partial charge in [-0.3, -0.25) is 9.67 Å². The van der Waals surface area contributed by atoms with Crippen molar-refractivity contribution in [3.63, 3.8) is 0 Å². The summed E-state index contributed by atoms with van der Waals surface area (Å²) in [6.45, 7) is 2.52. The molecule has 0 aromatic carbocycles. The summed E-state index contributed by atoms with van der Waals surface area (Å²) in [5.74, 6) is 0.852. The van der Waals surface area contributed by atoms with Gasteiger partial charge in [0.15, 0.2) is 5.96 Å². The molecule has 0 aliphatic heterocycles. The first-order valence-electron chi connectivity index (χ1n) is 8.09. The van der Waals surface area contributed by atoms with Gasteiger partial charge >= 0.3 is 0 Å². The molecule has 132 valence electrons. The van der Waals surface area contributed by atoms with E-state index < -0.39 is 0 Å². The summed E-state index contributed by atoms with van der Waals surface area (Å²) in [5.41, 5.74) is 1.50. The topological polar surface area (TPSA) is 63.5 Å². The SMILES string of the molecule is CN=C(NCc1ccnn1C)NCC1(CCOC)CCCC1.I. The monoisotopic (exact) mass is 435 g/mol. The molecule has 6 nitrogen and oxygen atoms in total. The maximum Gasteiger partial charge on any atom is 0.191 e. The van der Waals surface area contributed by atoms with Gasteiger partial charge in [-0.1, -0.05) is 12.8 Å². The van der Waals surface area contributed by atoms with Crippen molar-refractivity contribution in [3.8, 4) is 0 Å². The highest BCUT2D eigenvalue weighted by Gasteiger charge is 2.33. The summed E-state index contributed by atoms with van der Waals surface area (Å²) in [6.07, 6.45) is 8.14. The Morgan fingerprint density at radius 2 is 2.13 bits per heavy atom. The summed E-state index contributed by atoms with van der Waals surface area (Å²) in [7, 11) is 5.55. The summed E-state index contributed by atoms with van der Waals surface area (Å²) in [5, 5.41) is 11.0. The third-order valence-electron chi connectivity index (χ3n) is 4.71. The molecule has 2 N–H and O–H groups in total. The predicted octanol–water partition coefficient (Wildman–Crippen LogP) is 2.30. The third kappa shape index (κ3) is 5.95. The molecule has 1 saturated carbocycles. The maximum absolute atomic E-state index is 5.29. The van der Waals surface area contributed by atoms with E-state index in [0.717, 1.165) is 37.8 Å². The largest absolute Gasteiger partial charge is 0.385 e. The first-order valence-corrected chi connectivity index (χ1v) is 8.09. The van der Waals surface area contributed by atoms with Crippen molar-refractivity contribution in [2.24, 2.45) is 17.5 Å². The quantitative estimate of drug-likeness (QED) is 0.392. The van der Waals surface area contributed by atoms with Gasteiger partial charge in [-0.15, -0.1) is 24.0 Å². The van der Waals surface area contributed by atoms with Crippen LogP contribution in [0.2, 0.25) is 0 Å². The van der Waals surface area contributed by atoms with E-state index in [1.165, 1.54) is 25.7 Å². The van der Waals surface area contributed by atoms with Crippen LogP contribution < -0.4 is 10.6 Å². The number of nitrogens with one attached hydrogen (secondary N) is 2. The zero-order valence-corrected chi connectivity index (χ0v) is 16.8. The van der Waals surface area contributed by atoms with Gasteiger partial charge in [0, 0.05) is 40.6 Å². The maximum atomic E-state index is 5.29. The average Bonchev–Trinajstić information content (AvgIpc) is 3.15. The van der Waals surface area contributed by atoms with E-state index >= 15 is 0 Å². The highest BCUT2D eigenvalue weighted by Crippen LogP contribution is 2.40. The van der Waals surface area contributed by atoms with Crippen molar-refractivity contribution in [3.05, 3.63) is 18.0 Å². The summed E-state index contributed by atoms with van der Waals surface area (Å²) < 4.78 is 7.16. The molecule has 7 heteroatoms. The molecule has 0 unspecified atom stereocenters. The molecule has 1 heterocycles. The fourth-order valence-corrected chi connectivity index (χ4v) is 3.20. The number of aliphatic imine (C=N–C) groups is 1. The zero-order valence-electron chi connectivity index (χ0n) is 14.5. The second-order valence-electron chi connectivity index (χ2n) is 6.18. The van der Waals surface area contributed by atoms with Gasteiger partial charge in [0.05, 0.1) is 12.2 Å². The second kappa shape index (κ2) is 10.1. The lowest BCUT2D eigenvalue weighted by Gasteiger charge is -2.29. The fraction of sp³-hybridized carbons (Fsp3) is 0.750. The summed E-state index contributed by atoms with van der Waals surface area (Å²) >= 11 is 0. The highest BCUT2D eigenvalue weighted by molar-refractivity contribution is 14.0. The van der Waals surface area contributed by atoms with E-state index in [1.807, 2.05) is 31.0 Å². The Morgan fingerprint density at radius 1 is 1.39 bits per heavy atom. The molecule has 1 aliphatic rings. The minimum absolute atomic E-state index is 0. The third-order valence-corrected chi connectivity index (χ3v) is 4.71. The van der Waals surface area contributed by atoms with Crippen LogP contribution in [-0.2, 0) is 18.3 Å². The Kier molecular flexibility index (Phi) is 8.90.